The Morgan fingerprint density at radius 3 is 2.57 bits per heavy atom. The first-order chi connectivity index (χ1) is 6.48. The predicted molar refractivity (Wildman–Crippen MR) is 44.9 cm³/mol. The number of halogens is 1. The summed E-state index contributed by atoms with van der Waals surface area (Å²) in [5.74, 6) is -0.958. The Bertz CT molecular complexity index is 464. The SMILES string of the molecule is O=S(=O)(O)c1ccc(C2CO2)cc1F. The van der Waals surface area contributed by atoms with Crippen molar-refractivity contribution >= 4 is 10.1 Å². The molecule has 76 valence electrons. The maximum Gasteiger partial charge on any atom is 0.297 e. The van der Waals surface area contributed by atoms with Crippen LogP contribution in [0.1, 0.15) is 11.7 Å². The third-order valence-corrected chi connectivity index (χ3v) is 2.83. The van der Waals surface area contributed by atoms with Crippen molar-refractivity contribution in [2.45, 2.75) is 11.0 Å². The van der Waals surface area contributed by atoms with Crippen LogP contribution in [0.5, 0.6) is 0 Å². The number of rotatable bonds is 2. The van der Waals surface area contributed by atoms with Crippen LogP contribution in [0.15, 0.2) is 23.1 Å². The lowest BCUT2D eigenvalue weighted by Crippen LogP contribution is -2.02. The van der Waals surface area contributed by atoms with Crippen LogP contribution in [0.2, 0.25) is 0 Å². The monoisotopic (exact) mass is 218 g/mol. The lowest BCUT2D eigenvalue weighted by atomic mass is 10.2. The molecule has 1 atom stereocenters. The van der Waals surface area contributed by atoms with Crippen LogP contribution >= 0.6 is 0 Å². The van der Waals surface area contributed by atoms with E-state index in [0.717, 1.165) is 12.1 Å². The van der Waals surface area contributed by atoms with Crippen molar-refractivity contribution in [1.29, 1.82) is 0 Å². The van der Waals surface area contributed by atoms with Gasteiger partial charge in [-0.1, -0.05) is 6.07 Å². The van der Waals surface area contributed by atoms with Crippen molar-refractivity contribution in [3.8, 4) is 0 Å². The van der Waals surface area contributed by atoms with E-state index < -0.39 is 20.8 Å². The van der Waals surface area contributed by atoms with E-state index in [1.54, 1.807) is 0 Å². The smallest absolute Gasteiger partial charge is 0.297 e. The minimum atomic E-state index is -4.47. The largest absolute Gasteiger partial charge is 0.368 e. The first kappa shape index (κ1) is 9.57. The molecule has 1 aromatic rings. The van der Waals surface area contributed by atoms with Crippen molar-refractivity contribution in [3.63, 3.8) is 0 Å². The van der Waals surface area contributed by atoms with Crippen molar-refractivity contribution < 1.29 is 22.1 Å². The molecular formula is C8H7FO4S. The molecule has 1 unspecified atom stereocenters. The molecule has 1 aliphatic heterocycles. The van der Waals surface area contributed by atoms with Gasteiger partial charge in [-0.3, -0.25) is 4.55 Å². The Labute approximate surface area is 80.1 Å². The second kappa shape index (κ2) is 3.01. The molecule has 1 aliphatic rings. The Hall–Kier alpha value is -0.980. The van der Waals surface area contributed by atoms with E-state index >= 15 is 0 Å². The fourth-order valence-corrected chi connectivity index (χ4v) is 1.71. The predicted octanol–water partition coefficient (Wildman–Crippen LogP) is 1.14. The average molecular weight is 218 g/mol. The molecule has 6 heteroatoms. The molecule has 0 radical (unpaired) electrons. The molecule has 1 N–H and O–H groups in total. The molecule has 0 amide bonds. The van der Waals surface area contributed by atoms with Crippen LogP contribution in [0, 0.1) is 5.82 Å². The summed E-state index contributed by atoms with van der Waals surface area (Å²) in [5, 5.41) is 0. The minimum Gasteiger partial charge on any atom is -0.368 e. The molecule has 0 spiro atoms. The van der Waals surface area contributed by atoms with Crippen molar-refractivity contribution in [2.75, 3.05) is 6.61 Å². The summed E-state index contributed by atoms with van der Waals surface area (Å²) in [6.07, 6.45) is -0.139. The van der Waals surface area contributed by atoms with Gasteiger partial charge in [0, 0.05) is 0 Å². The zero-order chi connectivity index (χ0) is 10.3. The topological polar surface area (TPSA) is 66.9 Å². The molecule has 0 aliphatic carbocycles. The van der Waals surface area contributed by atoms with Gasteiger partial charge >= 0.3 is 0 Å². The second-order valence-electron chi connectivity index (χ2n) is 2.99. The first-order valence-electron chi connectivity index (χ1n) is 3.87. The van der Waals surface area contributed by atoms with E-state index in [9.17, 15) is 12.8 Å². The molecule has 2 rings (SSSR count). The molecular weight excluding hydrogens is 211 g/mol. The van der Waals surface area contributed by atoms with Crippen LogP contribution in [0.25, 0.3) is 0 Å². The van der Waals surface area contributed by atoms with Crippen LogP contribution in [0.4, 0.5) is 4.39 Å². The van der Waals surface area contributed by atoms with E-state index in [1.165, 1.54) is 6.07 Å². The maximum absolute atomic E-state index is 13.1. The van der Waals surface area contributed by atoms with Gasteiger partial charge in [-0.05, 0) is 17.7 Å². The Morgan fingerprint density at radius 1 is 1.50 bits per heavy atom. The highest BCUT2D eigenvalue weighted by atomic mass is 32.2. The van der Waals surface area contributed by atoms with Gasteiger partial charge in [0.15, 0.2) is 0 Å². The standard InChI is InChI=1S/C8H7FO4S/c9-6-3-5(7-4-13-7)1-2-8(6)14(10,11)12/h1-3,7H,4H2,(H,10,11,12). The third-order valence-electron chi connectivity index (χ3n) is 1.94. The van der Waals surface area contributed by atoms with Crippen LogP contribution in [0.3, 0.4) is 0 Å². The van der Waals surface area contributed by atoms with E-state index in [0.29, 0.717) is 12.2 Å². The molecule has 0 aromatic heterocycles. The highest BCUT2D eigenvalue weighted by Crippen LogP contribution is 2.31. The lowest BCUT2D eigenvalue weighted by Gasteiger charge is -2.00. The molecule has 1 fully saturated rings. The zero-order valence-corrected chi connectivity index (χ0v) is 7.79. The van der Waals surface area contributed by atoms with E-state index in [-0.39, 0.29) is 6.10 Å². The van der Waals surface area contributed by atoms with E-state index in [2.05, 4.69) is 0 Å². The molecule has 14 heavy (non-hydrogen) atoms. The highest BCUT2D eigenvalue weighted by molar-refractivity contribution is 7.85. The van der Waals surface area contributed by atoms with Gasteiger partial charge in [0.05, 0.1) is 6.61 Å². The van der Waals surface area contributed by atoms with Crippen molar-refractivity contribution in [1.82, 2.24) is 0 Å². The molecule has 0 bridgehead atoms. The normalized spacial score (nSPS) is 20.9. The van der Waals surface area contributed by atoms with E-state index in [4.69, 9.17) is 9.29 Å². The number of hydrogen-bond donors (Lipinski definition) is 1. The number of benzene rings is 1. The number of epoxide rings is 1. The van der Waals surface area contributed by atoms with Crippen LogP contribution in [-0.2, 0) is 14.9 Å². The molecule has 4 nitrogen and oxygen atoms in total. The van der Waals surface area contributed by atoms with Gasteiger partial charge < -0.3 is 4.74 Å². The Morgan fingerprint density at radius 2 is 2.14 bits per heavy atom. The molecule has 1 aromatic carbocycles. The number of ether oxygens (including phenoxy) is 1. The Kier molecular flexibility index (Phi) is 2.06. The quantitative estimate of drug-likeness (QED) is 0.597. The molecule has 0 saturated carbocycles. The van der Waals surface area contributed by atoms with Crippen molar-refractivity contribution in [2.24, 2.45) is 0 Å². The fraction of sp³-hybridized carbons (Fsp3) is 0.250. The summed E-state index contributed by atoms with van der Waals surface area (Å²) in [4.78, 5) is -0.707. The van der Waals surface area contributed by atoms with Crippen molar-refractivity contribution in [3.05, 3.63) is 29.6 Å². The fourth-order valence-electron chi connectivity index (χ4n) is 1.17. The Balaban J connectivity index is 2.46. The lowest BCUT2D eigenvalue weighted by molar-refractivity contribution is 0.414. The van der Waals surface area contributed by atoms with E-state index in [1.807, 2.05) is 0 Å². The van der Waals surface area contributed by atoms with Gasteiger partial charge in [-0.2, -0.15) is 8.42 Å². The summed E-state index contributed by atoms with van der Waals surface area (Å²) in [7, 11) is -4.47. The zero-order valence-electron chi connectivity index (χ0n) is 6.97. The molecule has 1 heterocycles. The van der Waals surface area contributed by atoms with Crippen LogP contribution in [-0.4, -0.2) is 19.6 Å². The number of hydrogen-bond acceptors (Lipinski definition) is 3. The van der Waals surface area contributed by atoms with Gasteiger partial charge in [0.2, 0.25) is 0 Å². The van der Waals surface area contributed by atoms with Gasteiger partial charge in [-0.25, -0.2) is 4.39 Å². The van der Waals surface area contributed by atoms with Gasteiger partial charge in [0.1, 0.15) is 16.8 Å². The second-order valence-corrected chi connectivity index (χ2v) is 4.38. The summed E-state index contributed by atoms with van der Waals surface area (Å²) < 4.78 is 47.9. The summed E-state index contributed by atoms with van der Waals surface area (Å²) in [5.41, 5.74) is 0.579. The summed E-state index contributed by atoms with van der Waals surface area (Å²) >= 11 is 0. The minimum absolute atomic E-state index is 0.139. The average Bonchev–Trinajstić information content (AvgIpc) is 2.83. The first-order valence-corrected chi connectivity index (χ1v) is 5.31. The van der Waals surface area contributed by atoms with Crippen LogP contribution < -0.4 is 0 Å². The highest BCUT2D eigenvalue weighted by Gasteiger charge is 2.26. The van der Waals surface area contributed by atoms with Gasteiger partial charge in [-0.15, -0.1) is 0 Å². The summed E-state index contributed by atoms with van der Waals surface area (Å²) in [6.45, 7) is 0.519. The van der Waals surface area contributed by atoms with Gasteiger partial charge in [0.25, 0.3) is 10.1 Å². The molecule has 1 saturated heterocycles. The third kappa shape index (κ3) is 1.77. The summed E-state index contributed by atoms with van der Waals surface area (Å²) in [6, 6.07) is 3.51. The maximum atomic E-state index is 13.1.